The molecule has 0 saturated carbocycles. The molecule has 23 heavy (non-hydrogen) atoms. The van der Waals surface area contributed by atoms with E-state index in [0.29, 0.717) is 10.5 Å². The molecule has 1 aliphatic carbocycles. The van der Waals surface area contributed by atoms with Crippen molar-refractivity contribution in [1.29, 1.82) is 0 Å². The summed E-state index contributed by atoms with van der Waals surface area (Å²) in [6.07, 6.45) is 8.87. The average Bonchev–Trinajstić information content (AvgIpc) is 2.45. The van der Waals surface area contributed by atoms with Crippen molar-refractivity contribution in [3.63, 3.8) is 0 Å². The molecule has 1 heterocycles. The van der Waals surface area contributed by atoms with E-state index in [1.165, 1.54) is 0 Å². The van der Waals surface area contributed by atoms with Gasteiger partial charge >= 0.3 is 5.97 Å². The molecule has 2 nitrogen and oxygen atoms in total. The number of fused-ring (bicyclic) bond motifs is 1. The molecule has 0 aromatic carbocycles. The monoisotopic (exact) mass is 354 g/mol. The van der Waals surface area contributed by atoms with Crippen LogP contribution in [0.25, 0.3) is 0 Å². The standard InChI is InChI=1S/C19H30O2S2/c1-13(2)11-19(6,18(3,4)5)17(20)21-16-12-22-14-9-7-8-10-15(14)23-16/h7-8,11,14-16H,9-10,12H2,1-6H3. The molecule has 130 valence electrons. The van der Waals surface area contributed by atoms with E-state index in [2.05, 4.69) is 39.0 Å². The Bertz CT molecular complexity index is 500. The molecule has 4 unspecified atom stereocenters. The summed E-state index contributed by atoms with van der Waals surface area (Å²) >= 11 is 3.82. The minimum atomic E-state index is -0.597. The maximum Gasteiger partial charge on any atom is 0.317 e. The summed E-state index contributed by atoms with van der Waals surface area (Å²) < 4.78 is 5.97. The smallest absolute Gasteiger partial charge is 0.317 e. The summed E-state index contributed by atoms with van der Waals surface area (Å²) in [4.78, 5) is 13.0. The predicted molar refractivity (Wildman–Crippen MR) is 103 cm³/mol. The Morgan fingerprint density at radius 2 is 1.74 bits per heavy atom. The molecule has 0 aromatic heterocycles. The van der Waals surface area contributed by atoms with Gasteiger partial charge in [0.2, 0.25) is 0 Å². The van der Waals surface area contributed by atoms with E-state index >= 15 is 0 Å². The average molecular weight is 355 g/mol. The predicted octanol–water partition coefficient (Wildman–Crippen LogP) is 5.44. The number of hydrogen-bond donors (Lipinski definition) is 0. The number of carbonyl (C=O) groups excluding carboxylic acids is 1. The molecule has 0 radical (unpaired) electrons. The highest BCUT2D eigenvalue weighted by Crippen LogP contribution is 2.45. The summed E-state index contributed by atoms with van der Waals surface area (Å²) in [6, 6.07) is 0. The topological polar surface area (TPSA) is 26.3 Å². The Hall–Kier alpha value is -0.350. The van der Waals surface area contributed by atoms with Crippen LogP contribution in [0.5, 0.6) is 0 Å². The molecule has 0 amide bonds. The summed E-state index contributed by atoms with van der Waals surface area (Å²) in [6.45, 7) is 12.4. The van der Waals surface area contributed by atoms with Crippen molar-refractivity contribution in [2.45, 2.75) is 70.3 Å². The van der Waals surface area contributed by atoms with Gasteiger partial charge in [-0.25, -0.2) is 0 Å². The summed E-state index contributed by atoms with van der Waals surface area (Å²) in [5, 5.41) is 1.27. The molecule has 4 heteroatoms. The van der Waals surface area contributed by atoms with Crippen molar-refractivity contribution in [1.82, 2.24) is 0 Å². The van der Waals surface area contributed by atoms with Crippen molar-refractivity contribution in [2.75, 3.05) is 5.75 Å². The van der Waals surface area contributed by atoms with Crippen LogP contribution in [0.15, 0.2) is 23.8 Å². The second-order valence-electron chi connectivity index (χ2n) is 8.00. The summed E-state index contributed by atoms with van der Waals surface area (Å²) in [7, 11) is 0. The highest BCUT2D eigenvalue weighted by atomic mass is 32.2. The van der Waals surface area contributed by atoms with Crippen LogP contribution in [0.1, 0.15) is 54.4 Å². The van der Waals surface area contributed by atoms with Crippen molar-refractivity contribution in [3.8, 4) is 0 Å². The van der Waals surface area contributed by atoms with Gasteiger partial charge in [0, 0.05) is 16.3 Å². The lowest BCUT2D eigenvalue weighted by molar-refractivity contribution is -0.158. The molecule has 1 aliphatic heterocycles. The second kappa shape index (κ2) is 7.26. The normalized spacial score (nSPS) is 30.1. The van der Waals surface area contributed by atoms with Crippen molar-refractivity contribution >= 4 is 29.5 Å². The molecular formula is C19H30O2S2. The van der Waals surface area contributed by atoms with Crippen LogP contribution in [0.4, 0.5) is 0 Å². The molecule has 2 rings (SSSR count). The van der Waals surface area contributed by atoms with E-state index < -0.39 is 5.41 Å². The van der Waals surface area contributed by atoms with Crippen LogP contribution in [0, 0.1) is 10.8 Å². The lowest BCUT2D eigenvalue weighted by Crippen LogP contribution is -2.43. The highest BCUT2D eigenvalue weighted by Gasteiger charge is 2.45. The molecule has 0 bridgehead atoms. The first-order valence-electron chi connectivity index (χ1n) is 8.42. The number of esters is 1. The fourth-order valence-electron chi connectivity index (χ4n) is 2.98. The third-order valence-electron chi connectivity index (χ3n) is 4.89. The molecule has 0 aromatic rings. The van der Waals surface area contributed by atoms with Crippen molar-refractivity contribution in [3.05, 3.63) is 23.8 Å². The zero-order chi connectivity index (χ0) is 17.3. The van der Waals surface area contributed by atoms with Gasteiger partial charge in [0.15, 0.2) is 5.44 Å². The maximum atomic E-state index is 13.0. The summed E-state index contributed by atoms with van der Waals surface area (Å²) in [5.74, 6) is 0.814. The Kier molecular flexibility index (Phi) is 5.99. The van der Waals surface area contributed by atoms with Crippen LogP contribution in [-0.4, -0.2) is 27.7 Å². The lowest BCUT2D eigenvalue weighted by atomic mass is 9.67. The first kappa shape index (κ1) is 19.0. The third kappa shape index (κ3) is 4.39. The number of ether oxygens (including phenoxy) is 1. The number of allylic oxidation sites excluding steroid dienone is 3. The Morgan fingerprint density at radius 1 is 1.13 bits per heavy atom. The van der Waals surface area contributed by atoms with Crippen molar-refractivity contribution < 1.29 is 9.53 Å². The van der Waals surface area contributed by atoms with Gasteiger partial charge in [-0.15, -0.1) is 11.8 Å². The van der Waals surface area contributed by atoms with E-state index in [-0.39, 0.29) is 16.8 Å². The van der Waals surface area contributed by atoms with Gasteiger partial charge in [0.25, 0.3) is 0 Å². The molecule has 0 spiro atoms. The number of thioether (sulfide) groups is 2. The van der Waals surface area contributed by atoms with Gasteiger partial charge < -0.3 is 4.74 Å². The van der Waals surface area contributed by atoms with Crippen molar-refractivity contribution in [2.24, 2.45) is 10.8 Å². The lowest BCUT2D eigenvalue weighted by Gasteiger charge is -2.40. The van der Waals surface area contributed by atoms with E-state index in [0.717, 1.165) is 24.2 Å². The molecule has 2 aliphatic rings. The van der Waals surface area contributed by atoms with Gasteiger partial charge in [-0.05, 0) is 39.0 Å². The number of carbonyl (C=O) groups is 1. The van der Waals surface area contributed by atoms with E-state index in [4.69, 9.17) is 4.74 Å². The largest absolute Gasteiger partial charge is 0.450 e. The minimum Gasteiger partial charge on any atom is -0.450 e. The quantitative estimate of drug-likeness (QED) is 0.498. The Balaban J connectivity index is 2.07. The zero-order valence-corrected chi connectivity index (χ0v) is 16.9. The minimum absolute atomic E-state index is 0.0208. The van der Waals surface area contributed by atoms with Gasteiger partial charge in [-0.2, -0.15) is 11.8 Å². The number of rotatable bonds is 3. The molecular weight excluding hydrogens is 324 g/mol. The van der Waals surface area contributed by atoms with E-state index in [9.17, 15) is 4.79 Å². The second-order valence-corrected chi connectivity index (χ2v) is 10.7. The third-order valence-corrected chi connectivity index (χ3v) is 8.15. The SMILES string of the molecule is CC(C)=CC(C)(C(=O)OC1CSC2CC=CCC2S1)C(C)(C)C. The van der Waals surface area contributed by atoms with E-state index in [1.54, 1.807) is 0 Å². The fourth-order valence-corrected chi connectivity index (χ4v) is 6.05. The van der Waals surface area contributed by atoms with Crippen LogP contribution >= 0.6 is 23.5 Å². The molecule has 0 N–H and O–H groups in total. The molecule has 1 saturated heterocycles. The molecule has 1 fully saturated rings. The first-order valence-corrected chi connectivity index (χ1v) is 10.4. The van der Waals surface area contributed by atoms with Gasteiger partial charge in [-0.3, -0.25) is 4.79 Å². The van der Waals surface area contributed by atoms with Crippen LogP contribution in [0.2, 0.25) is 0 Å². The van der Waals surface area contributed by atoms with E-state index in [1.807, 2.05) is 44.3 Å². The highest BCUT2D eigenvalue weighted by molar-refractivity contribution is 8.07. The van der Waals surface area contributed by atoms with Crippen LogP contribution in [0.3, 0.4) is 0 Å². The first-order chi connectivity index (χ1) is 10.6. The fraction of sp³-hybridized carbons (Fsp3) is 0.737. The summed E-state index contributed by atoms with van der Waals surface area (Å²) in [5.41, 5.74) is 0.361. The van der Waals surface area contributed by atoms with Gasteiger partial charge in [-0.1, -0.05) is 44.6 Å². The van der Waals surface area contributed by atoms with Gasteiger partial charge in [0.05, 0.1) is 5.41 Å². The van der Waals surface area contributed by atoms with Gasteiger partial charge in [0.1, 0.15) is 0 Å². The molecule has 4 atom stereocenters. The van der Waals surface area contributed by atoms with Crippen LogP contribution < -0.4 is 0 Å². The van der Waals surface area contributed by atoms with Crippen LogP contribution in [-0.2, 0) is 9.53 Å². The Morgan fingerprint density at radius 3 is 2.30 bits per heavy atom. The zero-order valence-electron chi connectivity index (χ0n) is 15.2. The number of hydrogen-bond acceptors (Lipinski definition) is 4. The Labute approximate surface area is 149 Å². The maximum absolute atomic E-state index is 13.0.